The molecule has 1 saturated carbocycles. The van der Waals surface area contributed by atoms with Crippen molar-refractivity contribution in [2.24, 2.45) is 5.92 Å². The fourth-order valence-corrected chi connectivity index (χ4v) is 2.31. The molecule has 1 aliphatic rings. The third-order valence-corrected chi connectivity index (χ3v) is 3.38. The SMILES string of the molecule is CCCCNC(=O)NCCC1CCCCC1. The van der Waals surface area contributed by atoms with Gasteiger partial charge in [-0.3, -0.25) is 0 Å². The van der Waals surface area contributed by atoms with Gasteiger partial charge in [-0.15, -0.1) is 0 Å². The molecule has 0 aromatic carbocycles. The highest BCUT2D eigenvalue weighted by Crippen LogP contribution is 2.25. The maximum Gasteiger partial charge on any atom is 0.314 e. The van der Waals surface area contributed by atoms with Crippen LogP contribution in [0.25, 0.3) is 0 Å². The van der Waals surface area contributed by atoms with Gasteiger partial charge >= 0.3 is 6.03 Å². The van der Waals surface area contributed by atoms with Crippen LogP contribution < -0.4 is 10.6 Å². The molecule has 0 aromatic rings. The van der Waals surface area contributed by atoms with E-state index in [9.17, 15) is 4.79 Å². The summed E-state index contributed by atoms with van der Waals surface area (Å²) in [5.74, 6) is 0.852. The molecule has 0 spiro atoms. The smallest absolute Gasteiger partial charge is 0.314 e. The van der Waals surface area contributed by atoms with Gasteiger partial charge in [0.15, 0.2) is 0 Å². The third-order valence-electron chi connectivity index (χ3n) is 3.38. The Morgan fingerprint density at radius 1 is 1.12 bits per heavy atom. The van der Waals surface area contributed by atoms with Crippen molar-refractivity contribution in [2.45, 2.75) is 58.3 Å². The summed E-state index contributed by atoms with van der Waals surface area (Å²) >= 11 is 0. The first kappa shape index (κ1) is 13.3. The molecule has 3 nitrogen and oxygen atoms in total. The Labute approximate surface area is 99.4 Å². The predicted molar refractivity (Wildman–Crippen MR) is 67.5 cm³/mol. The first-order valence-electron chi connectivity index (χ1n) is 6.84. The van der Waals surface area contributed by atoms with Crippen molar-refractivity contribution < 1.29 is 4.79 Å². The van der Waals surface area contributed by atoms with Crippen LogP contribution in [-0.4, -0.2) is 19.1 Å². The topological polar surface area (TPSA) is 41.1 Å². The Morgan fingerprint density at radius 2 is 1.81 bits per heavy atom. The van der Waals surface area contributed by atoms with E-state index in [1.165, 1.54) is 32.1 Å². The van der Waals surface area contributed by atoms with Crippen LogP contribution in [0.15, 0.2) is 0 Å². The number of carbonyl (C=O) groups is 1. The lowest BCUT2D eigenvalue weighted by Crippen LogP contribution is -2.37. The van der Waals surface area contributed by atoms with Crippen LogP contribution >= 0.6 is 0 Å². The number of amides is 2. The summed E-state index contributed by atoms with van der Waals surface area (Å²) < 4.78 is 0. The standard InChI is InChI=1S/C13H26N2O/c1-2-3-10-14-13(16)15-11-9-12-7-5-4-6-8-12/h12H,2-11H2,1H3,(H2,14,15,16). The summed E-state index contributed by atoms with van der Waals surface area (Å²) in [7, 11) is 0. The molecule has 0 atom stereocenters. The summed E-state index contributed by atoms with van der Waals surface area (Å²) in [4.78, 5) is 11.3. The molecular formula is C13H26N2O. The van der Waals surface area contributed by atoms with E-state index >= 15 is 0 Å². The van der Waals surface area contributed by atoms with Crippen LogP contribution in [0.3, 0.4) is 0 Å². The quantitative estimate of drug-likeness (QED) is 0.671. The summed E-state index contributed by atoms with van der Waals surface area (Å²) in [6.45, 7) is 3.76. The molecule has 1 rings (SSSR count). The number of hydrogen-bond donors (Lipinski definition) is 2. The highest BCUT2D eigenvalue weighted by atomic mass is 16.2. The summed E-state index contributed by atoms with van der Waals surface area (Å²) in [5.41, 5.74) is 0. The van der Waals surface area contributed by atoms with E-state index in [2.05, 4.69) is 17.6 Å². The van der Waals surface area contributed by atoms with Gasteiger partial charge in [0, 0.05) is 13.1 Å². The zero-order valence-corrected chi connectivity index (χ0v) is 10.6. The Kier molecular flexibility index (Phi) is 7.02. The van der Waals surface area contributed by atoms with E-state index in [1.54, 1.807) is 0 Å². The fourth-order valence-electron chi connectivity index (χ4n) is 2.31. The molecule has 2 N–H and O–H groups in total. The molecule has 0 bridgehead atoms. The third kappa shape index (κ3) is 5.99. The van der Waals surface area contributed by atoms with Gasteiger partial charge in [0.1, 0.15) is 0 Å². The molecule has 16 heavy (non-hydrogen) atoms. The van der Waals surface area contributed by atoms with Gasteiger partial charge in [-0.05, 0) is 18.8 Å². The number of carbonyl (C=O) groups excluding carboxylic acids is 1. The summed E-state index contributed by atoms with van der Waals surface area (Å²) in [6.07, 6.45) is 10.2. The molecule has 1 fully saturated rings. The Hall–Kier alpha value is -0.730. The van der Waals surface area contributed by atoms with E-state index < -0.39 is 0 Å². The molecule has 3 heteroatoms. The predicted octanol–water partition coefficient (Wildman–Crippen LogP) is 3.06. The number of urea groups is 1. The normalized spacial score (nSPS) is 17.1. The minimum absolute atomic E-state index is 0.00394. The summed E-state index contributed by atoms with van der Waals surface area (Å²) in [5, 5.41) is 5.81. The summed E-state index contributed by atoms with van der Waals surface area (Å²) in [6, 6.07) is 0.00394. The van der Waals surface area contributed by atoms with E-state index in [4.69, 9.17) is 0 Å². The lowest BCUT2D eigenvalue weighted by molar-refractivity contribution is 0.238. The van der Waals surface area contributed by atoms with Crippen molar-refractivity contribution in [3.8, 4) is 0 Å². The average molecular weight is 226 g/mol. The van der Waals surface area contributed by atoms with Gasteiger partial charge in [0.05, 0.1) is 0 Å². The highest BCUT2D eigenvalue weighted by molar-refractivity contribution is 5.73. The zero-order chi connectivity index (χ0) is 11.6. The van der Waals surface area contributed by atoms with Crippen molar-refractivity contribution in [2.75, 3.05) is 13.1 Å². The van der Waals surface area contributed by atoms with Crippen molar-refractivity contribution in [1.29, 1.82) is 0 Å². The largest absolute Gasteiger partial charge is 0.338 e. The average Bonchev–Trinajstić information content (AvgIpc) is 2.31. The molecule has 2 amide bonds. The van der Waals surface area contributed by atoms with Crippen LogP contribution in [0, 0.1) is 5.92 Å². The number of rotatable bonds is 6. The molecule has 0 unspecified atom stereocenters. The molecule has 0 aliphatic heterocycles. The van der Waals surface area contributed by atoms with Crippen LogP contribution in [0.1, 0.15) is 58.3 Å². The van der Waals surface area contributed by atoms with E-state index in [0.29, 0.717) is 0 Å². The van der Waals surface area contributed by atoms with E-state index in [1.807, 2.05) is 0 Å². The minimum atomic E-state index is 0.00394. The Balaban J connectivity index is 1.94. The van der Waals surface area contributed by atoms with Gasteiger partial charge in [-0.25, -0.2) is 4.79 Å². The second kappa shape index (κ2) is 8.43. The van der Waals surface area contributed by atoms with Crippen molar-refractivity contribution in [3.63, 3.8) is 0 Å². The van der Waals surface area contributed by atoms with Crippen LogP contribution in [-0.2, 0) is 0 Å². The fraction of sp³-hybridized carbons (Fsp3) is 0.923. The molecule has 94 valence electrons. The van der Waals surface area contributed by atoms with Crippen molar-refractivity contribution in [1.82, 2.24) is 10.6 Å². The zero-order valence-electron chi connectivity index (χ0n) is 10.6. The van der Waals surface area contributed by atoms with Crippen LogP contribution in [0.2, 0.25) is 0 Å². The number of hydrogen-bond acceptors (Lipinski definition) is 1. The monoisotopic (exact) mass is 226 g/mol. The molecular weight excluding hydrogens is 200 g/mol. The van der Waals surface area contributed by atoms with Crippen molar-refractivity contribution in [3.05, 3.63) is 0 Å². The minimum Gasteiger partial charge on any atom is -0.338 e. The van der Waals surface area contributed by atoms with E-state index in [-0.39, 0.29) is 6.03 Å². The van der Waals surface area contributed by atoms with E-state index in [0.717, 1.165) is 38.3 Å². The maximum atomic E-state index is 11.3. The van der Waals surface area contributed by atoms with Crippen molar-refractivity contribution >= 4 is 6.03 Å². The number of unbranched alkanes of at least 4 members (excludes halogenated alkanes) is 1. The molecule has 0 heterocycles. The van der Waals surface area contributed by atoms with Gasteiger partial charge in [-0.2, -0.15) is 0 Å². The van der Waals surface area contributed by atoms with Gasteiger partial charge in [0.2, 0.25) is 0 Å². The molecule has 0 saturated heterocycles. The Bertz CT molecular complexity index is 188. The number of nitrogens with one attached hydrogen (secondary N) is 2. The lowest BCUT2D eigenvalue weighted by Gasteiger charge is -2.21. The molecule has 0 radical (unpaired) electrons. The first-order valence-corrected chi connectivity index (χ1v) is 6.84. The second-order valence-electron chi connectivity index (χ2n) is 4.83. The van der Waals surface area contributed by atoms with Crippen LogP contribution in [0.4, 0.5) is 4.79 Å². The highest BCUT2D eigenvalue weighted by Gasteiger charge is 2.12. The lowest BCUT2D eigenvalue weighted by atomic mass is 9.87. The maximum absolute atomic E-state index is 11.3. The second-order valence-corrected chi connectivity index (χ2v) is 4.83. The first-order chi connectivity index (χ1) is 7.83. The molecule has 1 aliphatic carbocycles. The van der Waals surface area contributed by atoms with Gasteiger partial charge < -0.3 is 10.6 Å². The van der Waals surface area contributed by atoms with Crippen LogP contribution in [0.5, 0.6) is 0 Å². The molecule has 0 aromatic heterocycles. The Morgan fingerprint density at radius 3 is 2.50 bits per heavy atom. The van der Waals surface area contributed by atoms with Gasteiger partial charge in [0.25, 0.3) is 0 Å². The van der Waals surface area contributed by atoms with Gasteiger partial charge in [-0.1, -0.05) is 45.4 Å².